The molecule has 13 rings (SSSR count). The zero-order valence-electron chi connectivity index (χ0n) is 40.6. The Balaban J connectivity index is 0.860. The summed E-state index contributed by atoms with van der Waals surface area (Å²) in [5.41, 5.74) is 2.70. The number of nitrogens with zero attached hydrogens (tertiary/aromatic N) is 2. The molecule has 0 saturated carbocycles. The molecular weight excluding hydrogens is 1070 g/mol. The fraction of sp³-hybridized carbons (Fsp3) is 0.200. The molecule has 18 heteroatoms. The third kappa shape index (κ3) is 7.70. The zero-order valence-corrected chi connectivity index (χ0v) is 42.1. The fourth-order valence-electron chi connectivity index (χ4n) is 12.9. The molecule has 394 valence electrons. The van der Waals surface area contributed by atoms with E-state index in [-0.39, 0.29) is 95.3 Å². The highest BCUT2D eigenvalue weighted by Crippen LogP contribution is 2.53. The average molecular weight is 1110 g/mol. The van der Waals surface area contributed by atoms with Crippen LogP contribution in [0.4, 0.5) is 48.1 Å². The lowest BCUT2D eigenvalue weighted by Gasteiger charge is -2.34. The molecule has 2 aliphatic heterocycles. The molecule has 0 amide bonds. The highest BCUT2D eigenvalue weighted by molar-refractivity contribution is 6.59. The molecule has 0 bridgehead atoms. The van der Waals surface area contributed by atoms with Gasteiger partial charge < -0.3 is 22.3 Å². The maximum atomic E-state index is 18.1. The maximum absolute atomic E-state index is 18.1. The van der Waals surface area contributed by atoms with Crippen LogP contribution in [0.2, 0.25) is 10.0 Å². The molecular formula is C60H38BCl2F11N2O2. The second-order valence-electron chi connectivity index (χ2n) is 20.4. The first-order valence-electron chi connectivity index (χ1n) is 25.3. The third-order valence-electron chi connectivity index (χ3n) is 15.9. The minimum absolute atomic E-state index is 0.00489. The van der Waals surface area contributed by atoms with Gasteiger partial charge in [0.1, 0.15) is 5.75 Å². The van der Waals surface area contributed by atoms with Crippen molar-refractivity contribution in [1.29, 1.82) is 0 Å². The number of hydrogen-bond acceptors (Lipinski definition) is 2. The lowest BCUT2D eigenvalue weighted by atomic mass is 9.83. The average Bonchev–Trinajstić information content (AvgIpc) is 2.86. The van der Waals surface area contributed by atoms with Gasteiger partial charge in [-0.05, 0) is 147 Å². The van der Waals surface area contributed by atoms with Gasteiger partial charge in [-0.2, -0.15) is 39.5 Å². The first-order valence-corrected chi connectivity index (χ1v) is 26.0. The summed E-state index contributed by atoms with van der Waals surface area (Å²) in [4.78, 5) is 13.6. The number of ether oxygens (including phenoxy) is 1. The summed E-state index contributed by atoms with van der Waals surface area (Å²) in [6.45, 7) is -4.55. The van der Waals surface area contributed by atoms with Crippen LogP contribution in [0, 0.1) is 0 Å². The molecule has 8 aromatic carbocycles. The van der Waals surface area contributed by atoms with Gasteiger partial charge in [-0.15, -0.1) is 0 Å². The van der Waals surface area contributed by atoms with E-state index in [0.29, 0.717) is 65.9 Å². The van der Waals surface area contributed by atoms with Gasteiger partial charge >= 0.3 is 31.5 Å². The van der Waals surface area contributed by atoms with Gasteiger partial charge in [0.15, 0.2) is 11.4 Å². The van der Waals surface area contributed by atoms with Gasteiger partial charge in [0, 0.05) is 58.1 Å². The quantitative estimate of drug-likeness (QED) is 0.0415. The van der Waals surface area contributed by atoms with Crippen LogP contribution in [-0.4, -0.2) is 27.6 Å². The number of esters is 1. The van der Waals surface area contributed by atoms with Crippen molar-refractivity contribution < 1.29 is 62.2 Å². The summed E-state index contributed by atoms with van der Waals surface area (Å²) in [5.74, 6) is -0.892. The topological polar surface area (TPSA) is 34.2 Å². The molecule has 2 aliphatic carbocycles. The van der Waals surface area contributed by atoms with Crippen LogP contribution in [0.3, 0.4) is 0 Å². The summed E-state index contributed by atoms with van der Waals surface area (Å²) in [7, 11) is 0. The van der Waals surface area contributed by atoms with Crippen LogP contribution >= 0.6 is 23.2 Å². The van der Waals surface area contributed by atoms with E-state index in [4.69, 9.17) is 27.9 Å². The molecule has 0 unspecified atom stereocenters. The summed E-state index contributed by atoms with van der Waals surface area (Å²) in [6.07, 6.45) is -10.1. The van der Waals surface area contributed by atoms with Crippen molar-refractivity contribution in [2.24, 2.45) is 0 Å². The highest BCUT2D eigenvalue weighted by atomic mass is 35.5. The normalized spacial score (nSPS) is 16.2. The van der Waals surface area contributed by atoms with Crippen LogP contribution in [0.5, 0.6) is 5.75 Å². The second-order valence-corrected chi connectivity index (χ2v) is 21.2. The number of alkyl halides is 9. The van der Waals surface area contributed by atoms with Gasteiger partial charge in [0.25, 0.3) is 0 Å². The predicted octanol–water partition coefficient (Wildman–Crippen LogP) is 17.8. The van der Waals surface area contributed by atoms with Crippen molar-refractivity contribution in [1.82, 2.24) is 4.48 Å². The summed E-state index contributed by atoms with van der Waals surface area (Å²) in [6, 6.07) is 27.2. The van der Waals surface area contributed by atoms with E-state index in [1.807, 2.05) is 48.5 Å². The van der Waals surface area contributed by atoms with Gasteiger partial charge in [-0.3, -0.25) is 4.79 Å². The Hall–Kier alpha value is -7.17. The molecule has 0 N–H and O–H groups in total. The largest absolute Gasteiger partial charge is 0.737 e. The number of aryl methyl sites for hydroxylation is 4. The van der Waals surface area contributed by atoms with Gasteiger partial charge in [-0.1, -0.05) is 96.0 Å². The molecule has 4 nitrogen and oxygen atoms in total. The molecule has 0 atom stereocenters. The van der Waals surface area contributed by atoms with E-state index < -0.39 is 53.5 Å². The number of rotatable bonds is 6. The van der Waals surface area contributed by atoms with E-state index in [1.165, 1.54) is 24.3 Å². The minimum atomic E-state index is -5.19. The summed E-state index contributed by atoms with van der Waals surface area (Å²) < 4.78 is 175. The van der Waals surface area contributed by atoms with Crippen LogP contribution < -0.4 is 4.74 Å². The number of carbonyl (C=O) groups is 1. The molecule has 4 aliphatic rings. The van der Waals surface area contributed by atoms with E-state index in [9.17, 15) is 44.3 Å². The Morgan fingerprint density at radius 2 is 1.12 bits per heavy atom. The minimum Gasteiger partial charge on any atom is -0.426 e. The second kappa shape index (κ2) is 17.7. The Labute approximate surface area is 447 Å². The van der Waals surface area contributed by atoms with E-state index in [0.717, 1.165) is 68.3 Å². The molecule has 3 heterocycles. The number of halogens is 13. The third-order valence-corrected chi connectivity index (χ3v) is 16.5. The number of allylic oxidation sites excluding steroid dienone is 2. The predicted molar refractivity (Wildman–Crippen MR) is 281 cm³/mol. The molecule has 78 heavy (non-hydrogen) atoms. The molecule has 0 spiro atoms. The van der Waals surface area contributed by atoms with Crippen molar-refractivity contribution in [3.8, 4) is 17.0 Å². The zero-order chi connectivity index (χ0) is 54.5. The van der Waals surface area contributed by atoms with Crippen molar-refractivity contribution in [3.05, 3.63) is 198 Å². The van der Waals surface area contributed by atoms with E-state index in [2.05, 4.69) is 0 Å². The Bertz CT molecular complexity index is 4110. The van der Waals surface area contributed by atoms with Crippen LogP contribution in [0.25, 0.3) is 59.9 Å². The lowest BCUT2D eigenvalue weighted by molar-refractivity contribution is -0.361. The molecule has 9 aromatic rings. The monoisotopic (exact) mass is 1110 g/mol. The highest BCUT2D eigenvalue weighted by Gasteiger charge is 2.57. The summed E-state index contributed by atoms with van der Waals surface area (Å²) >= 11 is 14.4. The van der Waals surface area contributed by atoms with Crippen LogP contribution in [0.15, 0.2) is 133 Å². The standard InChI is InChI=1S/C60H38BCl2F11N2O2/c62-45-28-35(78-49(77)17-7-12-32-18-19-38-40-21-24-43(59(67,68)69)53-44(60(70,71)72)25-22-41(52(40)53)39-20-23-42(58(64,65)66)50(32)51(38)39)29-46(63)54(45)55-47-26-33-13-5-10-30-8-1-3-15-36(30)56(33)75(47)61(73,74)76-48(55)27-34-14-6-11-31-9-2-4-16-37(31)57(34)76/h1-4,8-9,15-16,18-29H,5-7,10-14,17H2. The Kier molecular flexibility index (Phi) is 11.4. The smallest absolute Gasteiger partial charge is 0.426 e. The summed E-state index contributed by atoms with van der Waals surface area (Å²) in [5, 5.41) is -1.99. The van der Waals surface area contributed by atoms with Crippen molar-refractivity contribution >= 4 is 90.5 Å². The van der Waals surface area contributed by atoms with Gasteiger partial charge in [-0.25, -0.2) is 0 Å². The number of benzene rings is 8. The van der Waals surface area contributed by atoms with Crippen molar-refractivity contribution in [2.45, 2.75) is 76.3 Å². The molecule has 0 radical (unpaired) electrons. The lowest BCUT2D eigenvalue weighted by Crippen LogP contribution is -2.51. The van der Waals surface area contributed by atoms with E-state index in [1.54, 1.807) is 12.1 Å². The van der Waals surface area contributed by atoms with Gasteiger partial charge in [0.05, 0.1) is 32.3 Å². The van der Waals surface area contributed by atoms with E-state index >= 15 is 8.63 Å². The molecule has 0 fully saturated rings. The fourth-order valence-corrected chi connectivity index (χ4v) is 13.5. The number of hydrogen-bond donors (Lipinski definition) is 0. The Morgan fingerprint density at radius 1 is 0.603 bits per heavy atom. The van der Waals surface area contributed by atoms with Gasteiger partial charge in [0.2, 0.25) is 0 Å². The first-order chi connectivity index (χ1) is 37.1. The Morgan fingerprint density at radius 3 is 1.72 bits per heavy atom. The number of carbonyl (C=O) groups excluding carboxylic acids is 1. The number of fused-ring (bicyclic) bond motifs is 11. The maximum Gasteiger partial charge on any atom is 0.737 e. The molecule has 1 aromatic heterocycles. The SMILES string of the molecule is O=C(CCCc1ccc2c3ccc(C(F)(F)F)c4c(C(F)(F)F)ccc(c5ccc(C(F)(F)F)c1c25)c43)Oc1cc(Cl)c(C2=C3C=C4CCCc5ccccc5C4=[N+]3[B-](F)(F)n3c2cc2c3-c3ccccc3CCC2)c(Cl)c1. The van der Waals surface area contributed by atoms with Crippen molar-refractivity contribution in [2.75, 3.05) is 0 Å². The first kappa shape index (κ1) is 50.3. The van der Waals surface area contributed by atoms with Crippen molar-refractivity contribution in [3.63, 3.8) is 0 Å². The molecule has 0 saturated heterocycles. The van der Waals surface area contributed by atoms with Crippen LogP contribution in [0.1, 0.15) is 87.9 Å². The van der Waals surface area contributed by atoms with Crippen LogP contribution in [-0.2, 0) is 49.0 Å². The number of aromatic nitrogens is 1.